The monoisotopic (exact) mass is 476 g/mol. The Morgan fingerprint density at radius 2 is 1.94 bits per heavy atom. The summed E-state index contributed by atoms with van der Waals surface area (Å²) in [6.07, 6.45) is 5.62. The van der Waals surface area contributed by atoms with Crippen LogP contribution in [-0.4, -0.2) is 68.8 Å². The molecule has 0 radical (unpaired) electrons. The van der Waals surface area contributed by atoms with E-state index >= 15 is 0 Å². The Bertz CT molecular complexity index is 1110. The molecule has 0 bridgehead atoms. The van der Waals surface area contributed by atoms with Crippen LogP contribution in [0, 0.1) is 13.8 Å². The molecule has 2 aliphatic heterocycles. The minimum atomic E-state index is 0.00531. The fourth-order valence-electron chi connectivity index (χ4n) is 5.10. The third kappa shape index (κ3) is 4.71. The first kappa shape index (κ1) is 23.0. The quantitative estimate of drug-likeness (QED) is 0.526. The van der Waals surface area contributed by atoms with Crippen molar-refractivity contribution in [2.24, 2.45) is 0 Å². The van der Waals surface area contributed by atoms with Gasteiger partial charge in [0.15, 0.2) is 5.11 Å². The van der Waals surface area contributed by atoms with Gasteiger partial charge in [-0.2, -0.15) is 0 Å². The van der Waals surface area contributed by atoms with Crippen LogP contribution in [0.1, 0.15) is 40.3 Å². The van der Waals surface area contributed by atoms with Crippen molar-refractivity contribution in [3.8, 4) is 0 Å². The molecule has 3 aromatic heterocycles. The first-order valence-electron chi connectivity index (χ1n) is 12.0. The van der Waals surface area contributed by atoms with Crippen LogP contribution in [-0.2, 0) is 11.3 Å². The van der Waals surface area contributed by atoms with Gasteiger partial charge in [0, 0.05) is 62.7 Å². The third-order valence-electron chi connectivity index (χ3n) is 6.95. The minimum absolute atomic E-state index is 0.00531. The lowest BCUT2D eigenvalue weighted by Gasteiger charge is -2.32. The second-order valence-electron chi connectivity index (χ2n) is 9.05. The van der Waals surface area contributed by atoms with Crippen LogP contribution < -0.4 is 5.32 Å². The zero-order valence-corrected chi connectivity index (χ0v) is 20.7. The summed E-state index contributed by atoms with van der Waals surface area (Å²) in [5.41, 5.74) is 6.01. The van der Waals surface area contributed by atoms with E-state index in [1.54, 1.807) is 0 Å². The van der Waals surface area contributed by atoms with Crippen molar-refractivity contribution >= 4 is 17.3 Å². The molecule has 5 rings (SSSR count). The van der Waals surface area contributed by atoms with Crippen molar-refractivity contribution in [1.82, 2.24) is 29.7 Å². The van der Waals surface area contributed by atoms with Gasteiger partial charge >= 0.3 is 0 Å². The zero-order chi connectivity index (χ0) is 23.5. The van der Waals surface area contributed by atoms with Crippen molar-refractivity contribution in [2.45, 2.75) is 32.5 Å². The number of morpholine rings is 1. The highest BCUT2D eigenvalue weighted by molar-refractivity contribution is 7.80. The number of hydrogen-bond acceptors (Lipinski definition) is 5. The molecule has 0 saturated carbocycles. The lowest BCUT2D eigenvalue weighted by Crippen LogP contribution is -2.42. The number of nitrogens with zero attached hydrogens (tertiary/aromatic N) is 5. The maximum atomic E-state index is 5.88. The number of nitrogens with one attached hydrogen (secondary N) is 1. The van der Waals surface area contributed by atoms with Crippen LogP contribution in [0.15, 0.2) is 55.0 Å². The van der Waals surface area contributed by atoms with E-state index in [-0.39, 0.29) is 12.1 Å². The molecule has 5 heterocycles. The van der Waals surface area contributed by atoms with E-state index in [9.17, 15) is 0 Å². The van der Waals surface area contributed by atoms with E-state index in [2.05, 4.69) is 56.7 Å². The summed E-state index contributed by atoms with van der Waals surface area (Å²) in [5.74, 6) is 0. The summed E-state index contributed by atoms with van der Waals surface area (Å²) in [6, 6.07) is 12.6. The molecule has 0 aliphatic carbocycles. The molecule has 0 aromatic carbocycles. The first-order valence-corrected chi connectivity index (χ1v) is 12.4. The fraction of sp³-hybridized carbons (Fsp3) is 0.423. The number of aryl methyl sites for hydroxylation is 1. The molecule has 34 heavy (non-hydrogen) atoms. The van der Waals surface area contributed by atoms with E-state index in [0.29, 0.717) is 0 Å². The van der Waals surface area contributed by atoms with Gasteiger partial charge in [-0.3, -0.25) is 14.9 Å². The number of rotatable bonds is 7. The number of hydrogen-bond donors (Lipinski definition) is 1. The third-order valence-corrected chi connectivity index (χ3v) is 7.31. The van der Waals surface area contributed by atoms with Gasteiger partial charge in [0.25, 0.3) is 0 Å². The standard InChI is InChI=1S/C26H32N6OS/c1-19-16-22(20(2)32(19)18-21-6-5-8-27-17-21)25-24(23-7-3-4-9-28-23)29-26(34)31(25)11-10-30-12-14-33-15-13-30/h3-9,16-17,24-25H,10-15,18H2,1-2H3,(H,29,34)/t24-,25-/m0/s1. The Morgan fingerprint density at radius 3 is 2.68 bits per heavy atom. The predicted molar refractivity (Wildman–Crippen MR) is 137 cm³/mol. The van der Waals surface area contributed by atoms with Gasteiger partial charge in [-0.25, -0.2) is 0 Å². The molecule has 1 N–H and O–H groups in total. The Labute approximate surface area is 206 Å². The number of aromatic nitrogens is 3. The molecular weight excluding hydrogens is 444 g/mol. The van der Waals surface area contributed by atoms with Crippen molar-refractivity contribution < 1.29 is 4.74 Å². The van der Waals surface area contributed by atoms with Crippen molar-refractivity contribution in [1.29, 1.82) is 0 Å². The van der Waals surface area contributed by atoms with Crippen LogP contribution in [0.5, 0.6) is 0 Å². The van der Waals surface area contributed by atoms with E-state index < -0.39 is 0 Å². The molecule has 2 saturated heterocycles. The van der Waals surface area contributed by atoms with Gasteiger partial charge in [-0.15, -0.1) is 0 Å². The average molecular weight is 477 g/mol. The molecule has 3 aromatic rings. The molecular formula is C26H32N6OS. The van der Waals surface area contributed by atoms with Gasteiger partial charge in [-0.1, -0.05) is 12.1 Å². The van der Waals surface area contributed by atoms with Crippen LogP contribution in [0.25, 0.3) is 0 Å². The number of ether oxygens (including phenoxy) is 1. The van der Waals surface area contributed by atoms with Crippen LogP contribution >= 0.6 is 12.2 Å². The molecule has 2 atom stereocenters. The van der Waals surface area contributed by atoms with Gasteiger partial charge in [0.1, 0.15) is 0 Å². The summed E-state index contributed by atoms with van der Waals surface area (Å²) < 4.78 is 7.91. The maximum Gasteiger partial charge on any atom is 0.170 e. The molecule has 7 nitrogen and oxygen atoms in total. The van der Waals surface area contributed by atoms with Gasteiger partial charge < -0.3 is 19.5 Å². The lowest BCUT2D eigenvalue weighted by atomic mass is 9.96. The van der Waals surface area contributed by atoms with E-state index in [1.807, 2.05) is 36.8 Å². The smallest absolute Gasteiger partial charge is 0.170 e. The molecule has 2 fully saturated rings. The molecule has 0 amide bonds. The van der Waals surface area contributed by atoms with Crippen molar-refractivity contribution in [3.05, 3.63) is 83.2 Å². The van der Waals surface area contributed by atoms with Crippen LogP contribution in [0.4, 0.5) is 0 Å². The Kier molecular flexibility index (Phi) is 6.89. The highest BCUT2D eigenvalue weighted by Gasteiger charge is 2.41. The molecule has 0 unspecified atom stereocenters. The number of pyridine rings is 2. The summed E-state index contributed by atoms with van der Waals surface area (Å²) in [7, 11) is 0. The molecule has 178 valence electrons. The minimum Gasteiger partial charge on any atom is -0.379 e. The highest BCUT2D eigenvalue weighted by atomic mass is 32.1. The van der Waals surface area contributed by atoms with E-state index in [0.717, 1.165) is 56.7 Å². The Morgan fingerprint density at radius 1 is 1.09 bits per heavy atom. The summed E-state index contributed by atoms with van der Waals surface area (Å²) >= 11 is 5.88. The van der Waals surface area contributed by atoms with Crippen molar-refractivity contribution in [2.75, 3.05) is 39.4 Å². The van der Waals surface area contributed by atoms with E-state index in [4.69, 9.17) is 21.9 Å². The molecule has 0 spiro atoms. The largest absolute Gasteiger partial charge is 0.379 e. The summed E-state index contributed by atoms with van der Waals surface area (Å²) in [5, 5.41) is 4.39. The summed E-state index contributed by atoms with van der Waals surface area (Å²) in [6.45, 7) is 10.6. The van der Waals surface area contributed by atoms with Gasteiger partial charge in [0.05, 0.1) is 31.0 Å². The predicted octanol–water partition coefficient (Wildman–Crippen LogP) is 3.25. The average Bonchev–Trinajstić information content (AvgIpc) is 3.35. The Balaban J connectivity index is 1.47. The second kappa shape index (κ2) is 10.2. The second-order valence-corrected chi connectivity index (χ2v) is 9.43. The lowest BCUT2D eigenvalue weighted by molar-refractivity contribution is 0.0350. The molecule has 8 heteroatoms. The number of thiocarbonyl (C=S) groups is 1. The highest BCUT2D eigenvalue weighted by Crippen LogP contribution is 2.40. The molecule has 2 aliphatic rings. The maximum absolute atomic E-state index is 5.88. The van der Waals surface area contributed by atoms with Crippen LogP contribution in [0.2, 0.25) is 0 Å². The van der Waals surface area contributed by atoms with E-state index in [1.165, 1.54) is 22.5 Å². The topological polar surface area (TPSA) is 58.5 Å². The summed E-state index contributed by atoms with van der Waals surface area (Å²) in [4.78, 5) is 13.8. The SMILES string of the molecule is Cc1cc([C@H]2[C@H](c3ccccn3)NC(=S)N2CCN2CCOCC2)c(C)n1Cc1cccnc1. The van der Waals surface area contributed by atoms with Gasteiger partial charge in [-0.05, 0) is 61.5 Å². The van der Waals surface area contributed by atoms with Crippen LogP contribution in [0.3, 0.4) is 0 Å². The van der Waals surface area contributed by atoms with Gasteiger partial charge in [0.2, 0.25) is 0 Å². The first-order chi connectivity index (χ1) is 16.6. The fourth-order valence-corrected chi connectivity index (χ4v) is 5.44. The normalized spacial score (nSPS) is 21.1. The Hall–Kier alpha value is -2.81. The zero-order valence-electron chi connectivity index (χ0n) is 19.9. The van der Waals surface area contributed by atoms with Crippen molar-refractivity contribution in [3.63, 3.8) is 0 Å².